The zero-order valence-corrected chi connectivity index (χ0v) is 21.6. The molecule has 0 aliphatic rings. The van der Waals surface area contributed by atoms with Crippen LogP contribution in [0, 0.1) is 0 Å². The van der Waals surface area contributed by atoms with Crippen molar-refractivity contribution in [3.8, 4) is 17.0 Å². The maximum atomic E-state index is 12.1. The standard InChI is InChI=1S/C30H41NO4/c1-4-6-7-8-9-10-11-12-13-14-30(33)35-27-21-22-28(31-23-27)26-19-17-25(18-20-26)16-15-24(3)34-29(32)5-2/h11-12,17-24H,4-10,13-16H2,1-3H3. The van der Waals surface area contributed by atoms with Crippen molar-refractivity contribution < 1.29 is 19.1 Å². The average Bonchev–Trinajstić information content (AvgIpc) is 2.87. The van der Waals surface area contributed by atoms with Gasteiger partial charge in [-0.3, -0.25) is 14.6 Å². The zero-order chi connectivity index (χ0) is 25.3. The van der Waals surface area contributed by atoms with Crippen molar-refractivity contribution in [3.05, 3.63) is 60.3 Å². The van der Waals surface area contributed by atoms with E-state index in [1.807, 2.05) is 25.1 Å². The molecule has 0 N–H and O–H groups in total. The molecule has 0 amide bonds. The van der Waals surface area contributed by atoms with Crippen LogP contribution in [0.4, 0.5) is 0 Å². The number of nitrogens with zero attached hydrogens (tertiary/aromatic N) is 1. The maximum Gasteiger partial charge on any atom is 0.311 e. The first-order valence-electron chi connectivity index (χ1n) is 13.1. The number of aryl methyl sites for hydroxylation is 1. The number of unbranched alkanes of at least 4 members (excludes halogenated alkanes) is 5. The van der Waals surface area contributed by atoms with Crippen LogP contribution in [0.2, 0.25) is 0 Å². The molecule has 2 aromatic rings. The van der Waals surface area contributed by atoms with E-state index in [1.165, 1.54) is 37.7 Å². The zero-order valence-electron chi connectivity index (χ0n) is 21.6. The Morgan fingerprint density at radius 3 is 2.34 bits per heavy atom. The van der Waals surface area contributed by atoms with Gasteiger partial charge < -0.3 is 9.47 Å². The number of ether oxygens (including phenoxy) is 2. The van der Waals surface area contributed by atoms with Gasteiger partial charge in [0, 0.05) is 18.4 Å². The Labute approximate surface area is 211 Å². The molecule has 5 heteroatoms. The molecular weight excluding hydrogens is 438 g/mol. The van der Waals surface area contributed by atoms with Gasteiger partial charge in [-0.05, 0) is 56.7 Å². The summed E-state index contributed by atoms with van der Waals surface area (Å²) in [5, 5.41) is 0. The molecule has 1 unspecified atom stereocenters. The minimum absolute atomic E-state index is 0.0876. The number of benzene rings is 1. The molecule has 1 aromatic carbocycles. The van der Waals surface area contributed by atoms with Crippen LogP contribution in [0.3, 0.4) is 0 Å². The quantitative estimate of drug-likeness (QED) is 0.141. The minimum atomic E-state index is -0.240. The molecule has 0 radical (unpaired) electrons. The Morgan fingerprint density at radius 2 is 1.66 bits per heavy atom. The van der Waals surface area contributed by atoms with Crippen molar-refractivity contribution >= 4 is 11.9 Å². The van der Waals surface area contributed by atoms with Crippen molar-refractivity contribution in [1.82, 2.24) is 4.98 Å². The molecule has 35 heavy (non-hydrogen) atoms. The molecule has 0 saturated heterocycles. The summed E-state index contributed by atoms with van der Waals surface area (Å²) in [5.41, 5.74) is 3.00. The van der Waals surface area contributed by atoms with Crippen LogP contribution in [0.1, 0.15) is 90.5 Å². The Balaban J connectivity index is 1.71. The predicted octanol–water partition coefficient (Wildman–Crippen LogP) is 7.63. The maximum absolute atomic E-state index is 12.1. The van der Waals surface area contributed by atoms with E-state index in [2.05, 4.69) is 36.2 Å². The van der Waals surface area contributed by atoms with Crippen molar-refractivity contribution in [2.45, 2.75) is 97.5 Å². The Hall–Kier alpha value is -2.95. The number of esters is 2. The van der Waals surface area contributed by atoms with Gasteiger partial charge in [-0.1, -0.05) is 75.9 Å². The van der Waals surface area contributed by atoms with Gasteiger partial charge in [-0.25, -0.2) is 0 Å². The number of carbonyl (C=O) groups is 2. The lowest BCUT2D eigenvalue weighted by atomic mass is 10.0. The van der Waals surface area contributed by atoms with Crippen molar-refractivity contribution in [2.24, 2.45) is 0 Å². The molecule has 0 saturated carbocycles. The lowest BCUT2D eigenvalue weighted by Crippen LogP contribution is -2.14. The number of hydrogen-bond donors (Lipinski definition) is 0. The number of allylic oxidation sites excluding steroid dienone is 2. The first kappa shape index (κ1) is 28.3. The molecule has 0 aliphatic carbocycles. The van der Waals surface area contributed by atoms with E-state index in [0.29, 0.717) is 25.0 Å². The van der Waals surface area contributed by atoms with Crippen LogP contribution in [-0.4, -0.2) is 23.0 Å². The molecule has 190 valence electrons. The molecule has 0 aliphatic heterocycles. The highest BCUT2D eigenvalue weighted by Gasteiger charge is 2.09. The third kappa shape index (κ3) is 11.8. The van der Waals surface area contributed by atoms with E-state index in [9.17, 15) is 9.59 Å². The lowest BCUT2D eigenvalue weighted by Gasteiger charge is -2.12. The van der Waals surface area contributed by atoms with E-state index >= 15 is 0 Å². The highest BCUT2D eigenvalue weighted by Crippen LogP contribution is 2.21. The predicted molar refractivity (Wildman–Crippen MR) is 141 cm³/mol. The first-order valence-corrected chi connectivity index (χ1v) is 13.1. The van der Waals surface area contributed by atoms with E-state index in [-0.39, 0.29) is 18.0 Å². The van der Waals surface area contributed by atoms with E-state index in [4.69, 9.17) is 9.47 Å². The second-order valence-corrected chi connectivity index (χ2v) is 8.96. The second kappa shape index (κ2) is 16.6. The van der Waals surface area contributed by atoms with Crippen LogP contribution in [0.15, 0.2) is 54.7 Å². The van der Waals surface area contributed by atoms with Gasteiger partial charge in [0.25, 0.3) is 0 Å². The van der Waals surface area contributed by atoms with Gasteiger partial charge in [-0.15, -0.1) is 0 Å². The van der Waals surface area contributed by atoms with Gasteiger partial charge in [0.05, 0.1) is 18.0 Å². The smallest absolute Gasteiger partial charge is 0.311 e. The lowest BCUT2D eigenvalue weighted by molar-refractivity contribution is -0.148. The molecule has 1 heterocycles. The molecule has 1 atom stereocenters. The number of pyridine rings is 1. The molecule has 5 nitrogen and oxygen atoms in total. The molecule has 0 fully saturated rings. The minimum Gasteiger partial charge on any atom is -0.463 e. The summed E-state index contributed by atoms with van der Waals surface area (Å²) < 4.78 is 10.7. The Morgan fingerprint density at radius 1 is 0.914 bits per heavy atom. The largest absolute Gasteiger partial charge is 0.463 e. The summed E-state index contributed by atoms with van der Waals surface area (Å²) in [6, 6.07) is 11.8. The van der Waals surface area contributed by atoms with Crippen molar-refractivity contribution in [1.29, 1.82) is 0 Å². The highest BCUT2D eigenvalue weighted by molar-refractivity contribution is 5.72. The van der Waals surface area contributed by atoms with Gasteiger partial charge in [-0.2, -0.15) is 0 Å². The first-order chi connectivity index (χ1) is 17.0. The summed E-state index contributed by atoms with van der Waals surface area (Å²) in [4.78, 5) is 27.9. The number of aromatic nitrogens is 1. The van der Waals surface area contributed by atoms with Crippen LogP contribution >= 0.6 is 0 Å². The second-order valence-electron chi connectivity index (χ2n) is 8.96. The van der Waals surface area contributed by atoms with Gasteiger partial charge >= 0.3 is 11.9 Å². The summed E-state index contributed by atoms with van der Waals surface area (Å²) >= 11 is 0. The summed E-state index contributed by atoms with van der Waals surface area (Å²) in [7, 11) is 0. The monoisotopic (exact) mass is 479 g/mol. The fourth-order valence-corrected chi connectivity index (χ4v) is 3.68. The van der Waals surface area contributed by atoms with Crippen LogP contribution in [0.25, 0.3) is 11.3 Å². The van der Waals surface area contributed by atoms with Crippen LogP contribution < -0.4 is 4.74 Å². The van der Waals surface area contributed by atoms with Gasteiger partial charge in [0.2, 0.25) is 0 Å². The van der Waals surface area contributed by atoms with E-state index in [1.54, 1.807) is 19.2 Å². The van der Waals surface area contributed by atoms with Crippen molar-refractivity contribution in [3.63, 3.8) is 0 Å². The Kier molecular flexibility index (Phi) is 13.4. The topological polar surface area (TPSA) is 65.5 Å². The highest BCUT2D eigenvalue weighted by atomic mass is 16.5. The summed E-state index contributed by atoms with van der Waals surface area (Å²) in [6.45, 7) is 5.95. The number of carbonyl (C=O) groups excluding carboxylic acids is 2. The Bertz CT molecular complexity index is 903. The number of rotatable bonds is 16. The summed E-state index contributed by atoms with van der Waals surface area (Å²) in [6.07, 6.45) is 16.3. The fourth-order valence-electron chi connectivity index (χ4n) is 3.68. The van der Waals surface area contributed by atoms with Crippen LogP contribution in [0.5, 0.6) is 5.75 Å². The third-order valence-electron chi connectivity index (χ3n) is 5.83. The molecule has 1 aromatic heterocycles. The molecular formula is C30H41NO4. The van der Waals surface area contributed by atoms with Crippen LogP contribution in [-0.2, 0) is 20.7 Å². The SMILES string of the molecule is CCCCCCCC=CCCC(=O)Oc1ccc(-c2ccc(CCC(C)OC(=O)CC)cc2)nc1. The van der Waals surface area contributed by atoms with Crippen molar-refractivity contribution in [2.75, 3.05) is 0 Å². The number of hydrogen-bond acceptors (Lipinski definition) is 5. The van der Waals surface area contributed by atoms with Gasteiger partial charge in [0.1, 0.15) is 5.75 Å². The fraction of sp³-hybridized carbons (Fsp3) is 0.500. The normalized spacial score (nSPS) is 12.0. The van der Waals surface area contributed by atoms with E-state index < -0.39 is 0 Å². The molecule has 0 spiro atoms. The molecule has 2 rings (SSSR count). The van der Waals surface area contributed by atoms with E-state index in [0.717, 1.165) is 30.5 Å². The molecule has 0 bridgehead atoms. The average molecular weight is 480 g/mol. The van der Waals surface area contributed by atoms with Gasteiger partial charge in [0.15, 0.2) is 0 Å². The summed E-state index contributed by atoms with van der Waals surface area (Å²) in [5.74, 6) is 0.0645. The third-order valence-corrected chi connectivity index (χ3v) is 5.83.